The van der Waals surface area contributed by atoms with Gasteiger partial charge in [0, 0.05) is 6.42 Å². The zero-order chi connectivity index (χ0) is 21.1. The minimum atomic E-state index is -1.11. The molecule has 2 aromatic carbocycles. The zero-order valence-corrected chi connectivity index (χ0v) is 16.5. The van der Waals surface area contributed by atoms with Crippen molar-refractivity contribution in [2.45, 2.75) is 43.6 Å². The highest BCUT2D eigenvalue weighted by Gasteiger charge is 2.48. The number of hydrogen-bond donors (Lipinski definition) is 1. The minimum absolute atomic E-state index is 0.182. The summed E-state index contributed by atoms with van der Waals surface area (Å²) in [4.78, 5) is 14.5. The first-order chi connectivity index (χ1) is 14.5. The van der Waals surface area contributed by atoms with Gasteiger partial charge in [0.1, 0.15) is 12.4 Å². The summed E-state index contributed by atoms with van der Waals surface area (Å²) in [5.74, 6) is -0.483. The summed E-state index contributed by atoms with van der Waals surface area (Å²) in [6.45, 7) is 0.809. The number of nitriles is 1. The second-order valence-corrected chi connectivity index (χ2v) is 8.02. The van der Waals surface area contributed by atoms with Crippen LogP contribution in [0.2, 0.25) is 0 Å². The maximum atomic E-state index is 13.4. The predicted octanol–water partition coefficient (Wildman–Crippen LogP) is 3.17. The van der Waals surface area contributed by atoms with E-state index in [4.69, 9.17) is 9.47 Å². The van der Waals surface area contributed by atoms with Gasteiger partial charge in [-0.05, 0) is 36.1 Å². The molecule has 2 fully saturated rings. The number of benzene rings is 2. The lowest BCUT2D eigenvalue weighted by Gasteiger charge is -2.51. The van der Waals surface area contributed by atoms with Crippen LogP contribution in [0.15, 0.2) is 48.5 Å². The first kappa shape index (κ1) is 20.3. The summed E-state index contributed by atoms with van der Waals surface area (Å²) in [6, 6.07) is 14.8. The van der Waals surface area contributed by atoms with E-state index in [1.807, 2.05) is 36.4 Å². The fourth-order valence-electron chi connectivity index (χ4n) is 4.47. The van der Waals surface area contributed by atoms with Crippen molar-refractivity contribution in [1.29, 1.82) is 5.26 Å². The fraction of sp³-hybridized carbons (Fsp3) is 0.391. The highest BCUT2D eigenvalue weighted by molar-refractivity contribution is 5.69. The van der Waals surface area contributed by atoms with Crippen LogP contribution in [0, 0.1) is 17.1 Å². The van der Waals surface area contributed by atoms with E-state index in [0.717, 1.165) is 5.56 Å². The molecule has 4 rings (SSSR count). The summed E-state index contributed by atoms with van der Waals surface area (Å²) >= 11 is 0. The summed E-state index contributed by atoms with van der Waals surface area (Å²) in [5.41, 5.74) is 0.606. The summed E-state index contributed by atoms with van der Waals surface area (Å²) in [7, 11) is 0. The Kier molecular flexibility index (Phi) is 5.71. The van der Waals surface area contributed by atoms with E-state index in [0.29, 0.717) is 31.6 Å². The largest absolute Gasteiger partial charge is 0.445 e. The predicted molar refractivity (Wildman–Crippen MR) is 106 cm³/mol. The molecular weight excluding hydrogens is 387 g/mol. The van der Waals surface area contributed by atoms with E-state index >= 15 is 0 Å². The number of amides is 1. The molecule has 2 bridgehead atoms. The zero-order valence-electron chi connectivity index (χ0n) is 16.5. The standard InChI is InChI=1S/C23H23FN2O4/c24-19-7-6-17(18(8-19)12-25)9-23(28)10-20-14-29-15-21(11-23)26(20)22(27)30-13-16-4-2-1-3-5-16/h1-8,20-21,28H,9-11,13-15H2. The number of rotatable bonds is 4. The van der Waals surface area contributed by atoms with Gasteiger partial charge in [-0.25, -0.2) is 9.18 Å². The molecule has 156 valence electrons. The molecule has 7 heteroatoms. The third kappa shape index (κ3) is 4.30. The molecule has 2 aromatic rings. The van der Waals surface area contributed by atoms with Crippen LogP contribution in [0.5, 0.6) is 0 Å². The quantitative estimate of drug-likeness (QED) is 0.837. The Hall–Kier alpha value is -2.95. The van der Waals surface area contributed by atoms with Gasteiger partial charge in [-0.2, -0.15) is 5.26 Å². The molecule has 2 aliphatic rings. The van der Waals surface area contributed by atoms with Crippen LogP contribution in [0.4, 0.5) is 9.18 Å². The lowest BCUT2D eigenvalue weighted by Crippen LogP contribution is -2.64. The molecule has 2 heterocycles. The van der Waals surface area contributed by atoms with E-state index < -0.39 is 17.5 Å². The van der Waals surface area contributed by atoms with Gasteiger partial charge in [0.15, 0.2) is 0 Å². The summed E-state index contributed by atoms with van der Waals surface area (Å²) in [5, 5.41) is 20.6. The third-order valence-electron chi connectivity index (χ3n) is 5.77. The van der Waals surface area contributed by atoms with Crippen LogP contribution in [-0.4, -0.2) is 47.0 Å². The van der Waals surface area contributed by atoms with Gasteiger partial charge in [0.2, 0.25) is 0 Å². The molecule has 0 radical (unpaired) electrons. The highest BCUT2D eigenvalue weighted by Crippen LogP contribution is 2.37. The summed E-state index contributed by atoms with van der Waals surface area (Å²) in [6.07, 6.45) is 0.396. The number of morpholine rings is 1. The minimum Gasteiger partial charge on any atom is -0.445 e. The van der Waals surface area contributed by atoms with Crippen molar-refractivity contribution < 1.29 is 23.8 Å². The van der Waals surface area contributed by atoms with Gasteiger partial charge in [-0.1, -0.05) is 36.4 Å². The van der Waals surface area contributed by atoms with Gasteiger partial charge in [-0.15, -0.1) is 0 Å². The van der Waals surface area contributed by atoms with Crippen molar-refractivity contribution >= 4 is 6.09 Å². The molecule has 1 N–H and O–H groups in total. The average molecular weight is 410 g/mol. The molecule has 2 aliphatic heterocycles. The third-order valence-corrected chi connectivity index (χ3v) is 5.77. The molecule has 30 heavy (non-hydrogen) atoms. The van der Waals surface area contributed by atoms with Gasteiger partial charge in [0.05, 0.1) is 42.5 Å². The van der Waals surface area contributed by atoms with Crippen molar-refractivity contribution in [1.82, 2.24) is 4.90 Å². The van der Waals surface area contributed by atoms with Gasteiger partial charge in [-0.3, -0.25) is 4.90 Å². The number of hydrogen-bond acceptors (Lipinski definition) is 5. The van der Waals surface area contributed by atoms with E-state index in [9.17, 15) is 19.6 Å². The van der Waals surface area contributed by atoms with Crippen molar-refractivity contribution in [3.63, 3.8) is 0 Å². The molecule has 6 nitrogen and oxygen atoms in total. The molecule has 1 amide bonds. The number of nitrogens with zero attached hydrogens (tertiary/aromatic N) is 2. The second kappa shape index (κ2) is 8.42. The molecule has 0 aromatic heterocycles. The Morgan fingerprint density at radius 2 is 1.93 bits per heavy atom. The fourth-order valence-corrected chi connectivity index (χ4v) is 4.47. The lowest BCUT2D eigenvalue weighted by atomic mass is 9.77. The normalized spacial score (nSPS) is 25.4. The maximum absolute atomic E-state index is 13.4. The molecule has 2 saturated heterocycles. The Balaban J connectivity index is 1.46. The van der Waals surface area contributed by atoms with Crippen LogP contribution < -0.4 is 0 Å². The number of fused-ring (bicyclic) bond motifs is 2. The monoisotopic (exact) mass is 410 g/mol. The first-order valence-electron chi connectivity index (χ1n) is 9.95. The second-order valence-electron chi connectivity index (χ2n) is 8.02. The van der Waals surface area contributed by atoms with Crippen LogP contribution in [0.1, 0.15) is 29.5 Å². The smallest absolute Gasteiger partial charge is 0.410 e. The Bertz CT molecular complexity index is 945. The van der Waals surface area contributed by atoms with Crippen LogP contribution in [0.25, 0.3) is 0 Å². The molecule has 2 atom stereocenters. The van der Waals surface area contributed by atoms with Crippen molar-refractivity contribution in [3.8, 4) is 6.07 Å². The van der Waals surface area contributed by atoms with E-state index in [1.165, 1.54) is 12.1 Å². The van der Waals surface area contributed by atoms with Crippen molar-refractivity contribution in [2.24, 2.45) is 0 Å². The SMILES string of the molecule is N#Cc1cc(F)ccc1CC1(O)CC2COCC(C1)N2C(=O)OCc1ccccc1. The lowest BCUT2D eigenvalue weighted by molar-refractivity contribution is -0.132. The number of halogens is 1. The van der Waals surface area contributed by atoms with Crippen LogP contribution in [0.3, 0.4) is 0 Å². The molecule has 0 aliphatic carbocycles. The maximum Gasteiger partial charge on any atom is 0.410 e. The molecular formula is C23H23FN2O4. The highest BCUT2D eigenvalue weighted by atomic mass is 19.1. The van der Waals surface area contributed by atoms with Crippen LogP contribution in [-0.2, 0) is 22.5 Å². The van der Waals surface area contributed by atoms with Gasteiger partial charge < -0.3 is 14.6 Å². The molecule has 2 unspecified atom stereocenters. The van der Waals surface area contributed by atoms with E-state index in [1.54, 1.807) is 11.0 Å². The first-order valence-corrected chi connectivity index (χ1v) is 9.95. The van der Waals surface area contributed by atoms with Crippen molar-refractivity contribution in [3.05, 3.63) is 71.0 Å². The van der Waals surface area contributed by atoms with E-state index in [-0.39, 0.29) is 30.7 Å². The molecule has 0 spiro atoms. The Labute approximate surface area is 174 Å². The number of piperidine rings is 1. The average Bonchev–Trinajstić information content (AvgIpc) is 2.73. The molecule has 0 saturated carbocycles. The Morgan fingerprint density at radius 3 is 2.60 bits per heavy atom. The van der Waals surface area contributed by atoms with Crippen molar-refractivity contribution in [2.75, 3.05) is 13.2 Å². The Morgan fingerprint density at radius 1 is 1.23 bits per heavy atom. The number of carbonyl (C=O) groups is 1. The topological polar surface area (TPSA) is 82.8 Å². The van der Waals surface area contributed by atoms with Gasteiger partial charge >= 0.3 is 6.09 Å². The number of aliphatic hydroxyl groups is 1. The number of ether oxygens (including phenoxy) is 2. The van der Waals surface area contributed by atoms with Gasteiger partial charge in [0.25, 0.3) is 0 Å². The number of carbonyl (C=O) groups excluding carboxylic acids is 1. The van der Waals surface area contributed by atoms with E-state index in [2.05, 4.69) is 0 Å². The summed E-state index contributed by atoms with van der Waals surface area (Å²) < 4.78 is 24.6. The van der Waals surface area contributed by atoms with Crippen LogP contribution >= 0.6 is 0 Å².